The summed E-state index contributed by atoms with van der Waals surface area (Å²) in [6.45, 7) is 0.119. The predicted octanol–water partition coefficient (Wildman–Crippen LogP) is 6.31. The van der Waals surface area contributed by atoms with Crippen LogP contribution < -0.4 is 14.8 Å². The first-order chi connectivity index (χ1) is 17.2. The number of nitriles is 2. The van der Waals surface area contributed by atoms with Gasteiger partial charge in [-0.2, -0.15) is 23.7 Å². The fraction of sp³-hybridized carbons (Fsp3) is 0.115. The van der Waals surface area contributed by atoms with Gasteiger partial charge < -0.3 is 14.8 Å². The lowest BCUT2D eigenvalue weighted by Crippen LogP contribution is -2.14. The molecule has 6 nitrogen and oxygen atoms in total. The van der Waals surface area contributed by atoms with E-state index in [2.05, 4.69) is 11.4 Å². The SMILES string of the molecule is COc1cc(/C=C(/C#N)C(=O)Nc2cccc(C(F)(F)F)c2)cc(I)c1OCc1ccccc1C#N. The van der Waals surface area contributed by atoms with Crippen molar-refractivity contribution in [3.8, 4) is 23.6 Å². The molecule has 0 saturated heterocycles. The highest BCUT2D eigenvalue weighted by molar-refractivity contribution is 14.1. The molecule has 0 aliphatic carbocycles. The van der Waals surface area contributed by atoms with E-state index in [-0.39, 0.29) is 17.9 Å². The predicted molar refractivity (Wildman–Crippen MR) is 135 cm³/mol. The van der Waals surface area contributed by atoms with Gasteiger partial charge in [0.15, 0.2) is 11.5 Å². The molecular weight excluding hydrogens is 586 g/mol. The molecule has 0 spiro atoms. The summed E-state index contributed by atoms with van der Waals surface area (Å²) in [5, 5.41) is 21.1. The van der Waals surface area contributed by atoms with E-state index in [9.17, 15) is 28.5 Å². The molecule has 0 saturated carbocycles. The molecule has 1 amide bonds. The number of anilines is 1. The summed E-state index contributed by atoms with van der Waals surface area (Å²) >= 11 is 2.01. The first-order valence-electron chi connectivity index (χ1n) is 10.2. The average molecular weight is 603 g/mol. The number of methoxy groups -OCH3 is 1. The largest absolute Gasteiger partial charge is 0.493 e. The van der Waals surface area contributed by atoms with Crippen LogP contribution in [0.15, 0.2) is 66.2 Å². The molecule has 3 aromatic rings. The van der Waals surface area contributed by atoms with E-state index < -0.39 is 17.6 Å². The lowest BCUT2D eigenvalue weighted by atomic mass is 10.1. The molecule has 0 unspecified atom stereocenters. The third-order valence-corrected chi connectivity index (χ3v) is 5.69. The molecule has 182 valence electrons. The molecule has 3 aromatic carbocycles. The molecule has 0 aromatic heterocycles. The quantitative estimate of drug-likeness (QED) is 0.194. The fourth-order valence-electron chi connectivity index (χ4n) is 3.16. The fourth-order valence-corrected chi connectivity index (χ4v) is 3.94. The maximum atomic E-state index is 12.9. The molecule has 0 heterocycles. The van der Waals surface area contributed by atoms with E-state index >= 15 is 0 Å². The average Bonchev–Trinajstić information content (AvgIpc) is 2.86. The minimum absolute atomic E-state index is 0.0930. The molecule has 0 bridgehead atoms. The third kappa shape index (κ3) is 6.55. The first-order valence-corrected chi connectivity index (χ1v) is 11.3. The Labute approximate surface area is 218 Å². The normalized spacial score (nSPS) is 11.2. The van der Waals surface area contributed by atoms with Crippen molar-refractivity contribution in [3.05, 3.63) is 92.1 Å². The molecule has 0 fully saturated rings. The van der Waals surface area contributed by atoms with Crippen LogP contribution in [0.1, 0.15) is 22.3 Å². The number of ether oxygens (including phenoxy) is 2. The zero-order valence-electron chi connectivity index (χ0n) is 18.7. The van der Waals surface area contributed by atoms with E-state index in [1.54, 1.807) is 42.5 Å². The summed E-state index contributed by atoms with van der Waals surface area (Å²) in [5.41, 5.74) is 0.287. The highest BCUT2D eigenvalue weighted by Gasteiger charge is 2.30. The number of benzene rings is 3. The second-order valence-electron chi connectivity index (χ2n) is 7.29. The number of hydrogen-bond acceptors (Lipinski definition) is 5. The van der Waals surface area contributed by atoms with Gasteiger partial charge >= 0.3 is 6.18 Å². The van der Waals surface area contributed by atoms with Crippen molar-refractivity contribution in [1.29, 1.82) is 10.5 Å². The second-order valence-corrected chi connectivity index (χ2v) is 8.46. The molecule has 0 radical (unpaired) electrons. The van der Waals surface area contributed by atoms with Crippen LogP contribution in [-0.4, -0.2) is 13.0 Å². The molecular formula is C26H17F3IN3O3. The molecule has 0 atom stereocenters. The van der Waals surface area contributed by atoms with E-state index in [0.29, 0.717) is 31.8 Å². The monoisotopic (exact) mass is 603 g/mol. The molecule has 10 heteroatoms. The molecule has 1 N–H and O–H groups in total. The Morgan fingerprint density at radius 2 is 1.86 bits per heavy atom. The van der Waals surface area contributed by atoms with Gasteiger partial charge in [0.05, 0.1) is 27.9 Å². The van der Waals surface area contributed by atoms with Crippen LogP contribution in [0.5, 0.6) is 11.5 Å². The minimum Gasteiger partial charge on any atom is -0.493 e. The lowest BCUT2D eigenvalue weighted by molar-refractivity contribution is -0.137. The summed E-state index contributed by atoms with van der Waals surface area (Å²) in [4.78, 5) is 12.6. The Kier molecular flexibility index (Phi) is 8.56. The summed E-state index contributed by atoms with van der Waals surface area (Å²) in [6.07, 6.45) is -3.27. The standard InChI is InChI=1S/C26H17F3IN3O3/c1-35-23-11-16(10-22(30)24(23)36-15-18-6-3-2-5-17(18)13-31)9-19(14-32)25(34)33-21-8-4-7-20(12-21)26(27,28)29/h2-12H,15H2,1H3,(H,33,34)/b19-9-. The second kappa shape index (κ2) is 11.6. The minimum atomic E-state index is -4.57. The number of amides is 1. The van der Waals surface area contributed by atoms with Crippen LogP contribution in [0, 0.1) is 26.2 Å². The highest BCUT2D eigenvalue weighted by atomic mass is 127. The Hall–Kier alpha value is -4.03. The van der Waals surface area contributed by atoms with Crippen LogP contribution >= 0.6 is 22.6 Å². The van der Waals surface area contributed by atoms with Gasteiger partial charge in [-0.25, -0.2) is 0 Å². The van der Waals surface area contributed by atoms with Crippen LogP contribution in [-0.2, 0) is 17.6 Å². The molecule has 3 rings (SSSR count). The van der Waals surface area contributed by atoms with Crippen molar-refractivity contribution in [1.82, 2.24) is 0 Å². The van der Waals surface area contributed by atoms with Crippen molar-refractivity contribution >= 4 is 40.3 Å². The number of nitrogens with zero attached hydrogens (tertiary/aromatic N) is 2. The maximum absolute atomic E-state index is 12.9. The van der Waals surface area contributed by atoms with Gasteiger partial charge in [0.1, 0.15) is 18.2 Å². The van der Waals surface area contributed by atoms with Crippen LogP contribution in [0.3, 0.4) is 0 Å². The van der Waals surface area contributed by atoms with Gasteiger partial charge in [-0.1, -0.05) is 24.3 Å². The number of rotatable bonds is 7. The zero-order chi connectivity index (χ0) is 26.3. The number of nitrogens with one attached hydrogen (secondary N) is 1. The number of halogens is 4. The number of hydrogen-bond donors (Lipinski definition) is 1. The van der Waals surface area contributed by atoms with Gasteiger partial charge in [0.2, 0.25) is 0 Å². The Morgan fingerprint density at radius 1 is 1.11 bits per heavy atom. The van der Waals surface area contributed by atoms with E-state index in [0.717, 1.165) is 18.2 Å². The van der Waals surface area contributed by atoms with Crippen molar-refractivity contribution in [2.45, 2.75) is 12.8 Å². The third-order valence-electron chi connectivity index (χ3n) is 4.89. The van der Waals surface area contributed by atoms with E-state index in [4.69, 9.17) is 9.47 Å². The topological polar surface area (TPSA) is 95.1 Å². The van der Waals surface area contributed by atoms with Gasteiger partial charge in [-0.15, -0.1) is 0 Å². The number of carbonyl (C=O) groups is 1. The summed E-state index contributed by atoms with van der Waals surface area (Å²) < 4.78 is 50.7. The summed E-state index contributed by atoms with van der Waals surface area (Å²) in [6, 6.07) is 18.2. The Bertz CT molecular complexity index is 1410. The van der Waals surface area contributed by atoms with Gasteiger partial charge in [-0.3, -0.25) is 4.79 Å². The van der Waals surface area contributed by atoms with E-state index in [1.807, 2.05) is 22.6 Å². The Morgan fingerprint density at radius 3 is 2.53 bits per heavy atom. The number of alkyl halides is 3. The Balaban J connectivity index is 1.83. The van der Waals surface area contributed by atoms with E-state index in [1.165, 1.54) is 19.3 Å². The van der Waals surface area contributed by atoms with Crippen LogP contribution in [0.2, 0.25) is 0 Å². The smallest absolute Gasteiger partial charge is 0.416 e. The van der Waals surface area contributed by atoms with Crippen molar-refractivity contribution in [3.63, 3.8) is 0 Å². The van der Waals surface area contributed by atoms with Crippen LogP contribution in [0.25, 0.3) is 6.08 Å². The van der Waals surface area contributed by atoms with Crippen molar-refractivity contribution < 1.29 is 27.4 Å². The maximum Gasteiger partial charge on any atom is 0.416 e. The molecule has 36 heavy (non-hydrogen) atoms. The van der Waals surface area contributed by atoms with Gasteiger partial charge in [0, 0.05) is 11.3 Å². The first kappa shape index (κ1) is 26.6. The van der Waals surface area contributed by atoms with Gasteiger partial charge in [-0.05, 0) is 70.6 Å². The van der Waals surface area contributed by atoms with Crippen molar-refractivity contribution in [2.24, 2.45) is 0 Å². The summed E-state index contributed by atoms with van der Waals surface area (Å²) in [5.74, 6) is -0.118. The zero-order valence-corrected chi connectivity index (χ0v) is 20.8. The molecule has 0 aliphatic rings. The van der Waals surface area contributed by atoms with Crippen molar-refractivity contribution in [2.75, 3.05) is 12.4 Å². The highest BCUT2D eigenvalue weighted by Crippen LogP contribution is 2.35. The van der Waals surface area contributed by atoms with Gasteiger partial charge in [0.25, 0.3) is 5.91 Å². The lowest BCUT2D eigenvalue weighted by Gasteiger charge is -2.14. The summed E-state index contributed by atoms with van der Waals surface area (Å²) in [7, 11) is 1.43. The van der Waals surface area contributed by atoms with Crippen LogP contribution in [0.4, 0.5) is 18.9 Å². The number of carbonyl (C=O) groups excluding carboxylic acids is 1. The molecule has 0 aliphatic heterocycles.